The minimum Gasteiger partial charge on any atom is -0.345 e. The summed E-state index contributed by atoms with van der Waals surface area (Å²) in [5, 5.41) is 0. The summed E-state index contributed by atoms with van der Waals surface area (Å²) in [6, 6.07) is 0. The third kappa shape index (κ3) is 1.39. The van der Waals surface area contributed by atoms with Crippen LogP contribution in [-0.2, 0) is 9.47 Å². The molecule has 0 radical (unpaired) electrons. The second kappa shape index (κ2) is 2.69. The maximum Gasteiger partial charge on any atom is 0.183 e. The summed E-state index contributed by atoms with van der Waals surface area (Å²) < 4.78 is 11.0. The molecule has 2 heterocycles. The fourth-order valence-corrected chi connectivity index (χ4v) is 2.43. The summed E-state index contributed by atoms with van der Waals surface area (Å²) in [6.07, 6.45) is 2.57. The molecular formula is C7H10Br2O2. The third-order valence-corrected chi connectivity index (χ3v) is 3.81. The van der Waals surface area contributed by atoms with E-state index in [1.807, 2.05) is 0 Å². The summed E-state index contributed by atoms with van der Waals surface area (Å²) in [4.78, 5) is 0. The molecule has 0 N–H and O–H groups in total. The van der Waals surface area contributed by atoms with E-state index in [9.17, 15) is 0 Å². The van der Waals surface area contributed by atoms with Crippen LogP contribution in [0, 0.1) is 0 Å². The van der Waals surface area contributed by atoms with E-state index in [1.165, 1.54) is 0 Å². The Kier molecular flexibility index (Phi) is 2.07. The molecule has 0 saturated carbocycles. The number of hydrogen-bond acceptors (Lipinski definition) is 2. The molecule has 2 fully saturated rings. The first-order valence-corrected chi connectivity index (χ1v) is 5.37. The first kappa shape index (κ1) is 8.48. The van der Waals surface area contributed by atoms with Gasteiger partial charge in [0, 0.05) is 0 Å². The zero-order valence-electron chi connectivity index (χ0n) is 6.22. The molecule has 0 spiro atoms. The summed E-state index contributed by atoms with van der Waals surface area (Å²) in [6.45, 7) is 2.06. The predicted molar refractivity (Wildman–Crippen MR) is 49.0 cm³/mol. The molecule has 0 unspecified atom stereocenters. The summed E-state index contributed by atoms with van der Waals surface area (Å²) in [5.41, 5.74) is 0. The number of halogens is 2. The zero-order valence-corrected chi connectivity index (χ0v) is 9.39. The monoisotopic (exact) mass is 284 g/mol. The Bertz CT molecular complexity index is 170. The van der Waals surface area contributed by atoms with Crippen molar-refractivity contribution in [2.24, 2.45) is 0 Å². The van der Waals surface area contributed by atoms with Crippen LogP contribution < -0.4 is 0 Å². The Morgan fingerprint density at radius 3 is 2.73 bits per heavy atom. The van der Waals surface area contributed by atoms with Gasteiger partial charge in [-0.1, -0.05) is 31.9 Å². The highest BCUT2D eigenvalue weighted by atomic mass is 79.9. The van der Waals surface area contributed by atoms with Crippen molar-refractivity contribution in [3.63, 3.8) is 0 Å². The zero-order chi connectivity index (χ0) is 8.06. The Hall–Kier alpha value is 0.880. The summed E-state index contributed by atoms with van der Waals surface area (Å²) >= 11 is 7.08. The number of hydrogen-bond donors (Lipinski definition) is 0. The van der Waals surface area contributed by atoms with Gasteiger partial charge in [-0.05, 0) is 19.8 Å². The summed E-state index contributed by atoms with van der Waals surface area (Å²) in [5.74, 6) is 0. The second-order valence-corrected chi connectivity index (χ2v) is 7.04. The van der Waals surface area contributed by atoms with E-state index < -0.39 is 0 Å². The number of ether oxygens (including phenoxy) is 2. The highest BCUT2D eigenvalue weighted by Crippen LogP contribution is 2.47. The van der Waals surface area contributed by atoms with E-state index in [-0.39, 0.29) is 15.6 Å². The molecule has 3 atom stereocenters. The minimum absolute atomic E-state index is 0.115. The molecule has 2 aliphatic heterocycles. The molecule has 64 valence electrons. The van der Waals surface area contributed by atoms with Crippen molar-refractivity contribution in [2.75, 3.05) is 0 Å². The molecule has 4 heteroatoms. The molecular weight excluding hydrogens is 276 g/mol. The highest BCUT2D eigenvalue weighted by molar-refractivity contribution is 9.25. The molecule has 0 aromatic heterocycles. The van der Waals surface area contributed by atoms with Gasteiger partial charge in [-0.25, -0.2) is 0 Å². The van der Waals surface area contributed by atoms with Gasteiger partial charge in [0.2, 0.25) is 0 Å². The fourth-order valence-electron chi connectivity index (χ4n) is 1.54. The molecule has 2 rings (SSSR count). The maximum atomic E-state index is 5.61. The van der Waals surface area contributed by atoms with E-state index in [1.54, 1.807) is 0 Å². The van der Waals surface area contributed by atoms with Crippen LogP contribution in [0.1, 0.15) is 19.8 Å². The smallest absolute Gasteiger partial charge is 0.183 e. The summed E-state index contributed by atoms with van der Waals surface area (Å²) in [7, 11) is 0. The Balaban J connectivity index is 2.15. The van der Waals surface area contributed by atoms with Crippen LogP contribution in [0.15, 0.2) is 0 Å². The van der Waals surface area contributed by atoms with Gasteiger partial charge < -0.3 is 9.47 Å². The number of alkyl halides is 2. The Morgan fingerprint density at radius 1 is 1.36 bits per heavy atom. The van der Waals surface area contributed by atoms with Crippen LogP contribution in [0.4, 0.5) is 0 Å². The largest absolute Gasteiger partial charge is 0.345 e. The molecule has 0 aromatic rings. The lowest BCUT2D eigenvalue weighted by Gasteiger charge is -2.30. The van der Waals surface area contributed by atoms with Crippen molar-refractivity contribution in [1.29, 1.82) is 0 Å². The lowest BCUT2D eigenvalue weighted by molar-refractivity contribution is -0.0852. The topological polar surface area (TPSA) is 18.5 Å². The van der Waals surface area contributed by atoms with Crippen LogP contribution >= 0.6 is 31.9 Å². The van der Waals surface area contributed by atoms with E-state index >= 15 is 0 Å². The molecule has 2 aliphatic rings. The number of rotatable bonds is 0. The average molecular weight is 286 g/mol. The minimum atomic E-state index is -0.152. The van der Waals surface area contributed by atoms with E-state index in [2.05, 4.69) is 38.8 Å². The molecule has 0 amide bonds. The lowest BCUT2D eigenvalue weighted by Crippen LogP contribution is -2.36. The fraction of sp³-hybridized carbons (Fsp3) is 1.00. The molecule has 2 saturated heterocycles. The van der Waals surface area contributed by atoms with E-state index in [0.717, 1.165) is 12.8 Å². The van der Waals surface area contributed by atoms with Crippen molar-refractivity contribution in [3.8, 4) is 0 Å². The SMILES string of the molecule is C[C@H]1O[C@H]2O[C@@H]1CCC2(Br)Br. The maximum absolute atomic E-state index is 5.61. The van der Waals surface area contributed by atoms with Gasteiger partial charge >= 0.3 is 0 Å². The van der Waals surface area contributed by atoms with Crippen LogP contribution in [0.2, 0.25) is 0 Å². The van der Waals surface area contributed by atoms with Crippen LogP contribution in [0.3, 0.4) is 0 Å². The first-order chi connectivity index (χ1) is 5.09. The molecule has 2 nitrogen and oxygen atoms in total. The first-order valence-electron chi connectivity index (χ1n) is 3.78. The Labute approximate surface area is 82.9 Å². The van der Waals surface area contributed by atoms with Gasteiger partial charge in [0.15, 0.2) is 6.29 Å². The van der Waals surface area contributed by atoms with Crippen LogP contribution in [0.5, 0.6) is 0 Å². The van der Waals surface area contributed by atoms with Crippen molar-refractivity contribution in [2.45, 2.75) is 41.5 Å². The molecule has 2 bridgehead atoms. The van der Waals surface area contributed by atoms with Crippen molar-refractivity contribution >= 4 is 31.9 Å². The third-order valence-electron chi connectivity index (χ3n) is 2.27. The van der Waals surface area contributed by atoms with Gasteiger partial charge in [0.05, 0.1) is 12.2 Å². The lowest BCUT2D eigenvalue weighted by atomic mass is 10.1. The van der Waals surface area contributed by atoms with Gasteiger partial charge in [0.25, 0.3) is 0 Å². The molecule has 0 aromatic carbocycles. The van der Waals surface area contributed by atoms with Crippen molar-refractivity contribution in [3.05, 3.63) is 0 Å². The Morgan fingerprint density at radius 2 is 2.09 bits per heavy atom. The van der Waals surface area contributed by atoms with Crippen LogP contribution in [-0.4, -0.2) is 21.7 Å². The van der Waals surface area contributed by atoms with E-state index in [4.69, 9.17) is 9.47 Å². The van der Waals surface area contributed by atoms with Crippen molar-refractivity contribution in [1.82, 2.24) is 0 Å². The second-order valence-electron chi connectivity index (χ2n) is 3.15. The average Bonchev–Trinajstić information content (AvgIpc) is 2.23. The molecule has 0 aliphatic carbocycles. The molecule has 11 heavy (non-hydrogen) atoms. The highest BCUT2D eigenvalue weighted by Gasteiger charge is 2.49. The van der Waals surface area contributed by atoms with E-state index in [0.29, 0.717) is 6.10 Å². The number of fused-ring (bicyclic) bond motifs is 2. The predicted octanol–water partition coefficient (Wildman–Crippen LogP) is 2.40. The quantitative estimate of drug-likeness (QED) is 0.637. The van der Waals surface area contributed by atoms with Gasteiger partial charge in [0.1, 0.15) is 3.23 Å². The van der Waals surface area contributed by atoms with Gasteiger partial charge in [-0.2, -0.15) is 0 Å². The van der Waals surface area contributed by atoms with Crippen LogP contribution in [0.25, 0.3) is 0 Å². The van der Waals surface area contributed by atoms with Crippen molar-refractivity contribution < 1.29 is 9.47 Å². The standard InChI is InChI=1S/C7H10Br2O2/c1-4-5-2-3-7(8,9)6(10-4)11-5/h4-6H,2-3H2,1H3/t4-,5-,6+/m1/s1. The normalized spacial score (nSPS) is 47.7. The van der Waals surface area contributed by atoms with Gasteiger partial charge in [-0.15, -0.1) is 0 Å². The van der Waals surface area contributed by atoms with Gasteiger partial charge in [-0.3, -0.25) is 0 Å².